The highest BCUT2D eigenvalue weighted by molar-refractivity contribution is 9.11. The Morgan fingerprint density at radius 1 is 1.08 bits per heavy atom. The van der Waals surface area contributed by atoms with E-state index in [4.69, 9.17) is 9.47 Å². The minimum absolute atomic E-state index is 0.366. The van der Waals surface area contributed by atoms with Gasteiger partial charge in [0, 0.05) is 19.7 Å². The van der Waals surface area contributed by atoms with E-state index in [9.17, 15) is 0 Å². The van der Waals surface area contributed by atoms with Crippen LogP contribution in [0, 0.1) is 0 Å². The molecule has 1 saturated heterocycles. The van der Waals surface area contributed by atoms with Crippen LogP contribution in [0.15, 0.2) is 51.4 Å². The minimum Gasteiger partial charge on any atom is -0.487 e. The van der Waals surface area contributed by atoms with E-state index in [2.05, 4.69) is 61.4 Å². The van der Waals surface area contributed by atoms with E-state index in [0.717, 1.165) is 46.4 Å². The Bertz CT molecular complexity index is 635. The summed E-state index contributed by atoms with van der Waals surface area (Å²) >= 11 is 7.24. The van der Waals surface area contributed by atoms with E-state index in [0.29, 0.717) is 12.7 Å². The van der Waals surface area contributed by atoms with Gasteiger partial charge in [0.15, 0.2) is 0 Å². The van der Waals surface area contributed by atoms with Crippen molar-refractivity contribution in [2.45, 2.75) is 32.1 Å². The van der Waals surface area contributed by atoms with E-state index in [1.165, 1.54) is 12.0 Å². The minimum atomic E-state index is 0.366. The van der Waals surface area contributed by atoms with E-state index < -0.39 is 0 Å². The standard InChI is InChI=1S/C19H21Br2NO2/c20-17-9-15(11-22-12-16-7-4-8-23-16)10-18(21)19(17)24-13-14-5-2-1-3-6-14/h1-3,5-6,9-10,16,22H,4,7-8,11-13H2/t16-/m0/s1. The van der Waals surface area contributed by atoms with Crippen molar-refractivity contribution in [2.75, 3.05) is 13.2 Å². The first kappa shape index (κ1) is 17.9. The van der Waals surface area contributed by atoms with Crippen LogP contribution in [0.25, 0.3) is 0 Å². The van der Waals surface area contributed by atoms with Crippen LogP contribution in [0.4, 0.5) is 0 Å². The monoisotopic (exact) mass is 453 g/mol. The molecule has 0 radical (unpaired) electrons. The van der Waals surface area contributed by atoms with Gasteiger partial charge in [-0.3, -0.25) is 0 Å². The molecule has 128 valence electrons. The molecule has 0 saturated carbocycles. The third-order valence-electron chi connectivity index (χ3n) is 4.01. The van der Waals surface area contributed by atoms with Crippen LogP contribution in [0.1, 0.15) is 24.0 Å². The lowest BCUT2D eigenvalue weighted by molar-refractivity contribution is 0.110. The molecule has 1 aliphatic heterocycles. The van der Waals surface area contributed by atoms with Crippen molar-refractivity contribution in [1.29, 1.82) is 0 Å². The Morgan fingerprint density at radius 2 is 1.83 bits per heavy atom. The van der Waals surface area contributed by atoms with Crippen LogP contribution >= 0.6 is 31.9 Å². The van der Waals surface area contributed by atoms with E-state index >= 15 is 0 Å². The SMILES string of the molecule is Brc1cc(CNC[C@@H]2CCCO2)cc(Br)c1OCc1ccccc1. The predicted molar refractivity (Wildman–Crippen MR) is 103 cm³/mol. The third-order valence-corrected chi connectivity index (χ3v) is 5.19. The lowest BCUT2D eigenvalue weighted by Gasteiger charge is -2.14. The average molecular weight is 455 g/mol. The number of hydrogen-bond donors (Lipinski definition) is 1. The van der Waals surface area contributed by atoms with Crippen molar-refractivity contribution in [3.63, 3.8) is 0 Å². The fourth-order valence-corrected chi connectivity index (χ4v) is 4.28. The molecule has 0 unspecified atom stereocenters. The summed E-state index contributed by atoms with van der Waals surface area (Å²) in [5.41, 5.74) is 2.36. The molecule has 2 aromatic rings. The van der Waals surface area contributed by atoms with Crippen LogP contribution in [-0.2, 0) is 17.9 Å². The molecule has 1 fully saturated rings. The van der Waals surface area contributed by atoms with Crippen molar-refractivity contribution < 1.29 is 9.47 Å². The first-order chi connectivity index (χ1) is 11.7. The van der Waals surface area contributed by atoms with Gasteiger partial charge in [-0.1, -0.05) is 30.3 Å². The van der Waals surface area contributed by atoms with Crippen LogP contribution in [0.5, 0.6) is 5.75 Å². The zero-order valence-electron chi connectivity index (χ0n) is 13.4. The summed E-state index contributed by atoms with van der Waals surface area (Å²) in [4.78, 5) is 0. The van der Waals surface area contributed by atoms with Gasteiger partial charge in [0.05, 0.1) is 15.0 Å². The van der Waals surface area contributed by atoms with Crippen LogP contribution in [-0.4, -0.2) is 19.3 Å². The second kappa shape index (κ2) is 8.99. The van der Waals surface area contributed by atoms with Gasteiger partial charge in [0.2, 0.25) is 0 Å². The summed E-state index contributed by atoms with van der Waals surface area (Å²) in [6.07, 6.45) is 2.70. The predicted octanol–water partition coefficient (Wildman–Crippen LogP) is 5.06. The van der Waals surface area contributed by atoms with Gasteiger partial charge in [-0.2, -0.15) is 0 Å². The number of hydrogen-bond acceptors (Lipinski definition) is 3. The quantitative estimate of drug-likeness (QED) is 0.634. The number of rotatable bonds is 7. The Labute approximate surface area is 160 Å². The van der Waals surface area contributed by atoms with Gasteiger partial charge in [-0.25, -0.2) is 0 Å². The van der Waals surface area contributed by atoms with Crippen molar-refractivity contribution in [3.05, 3.63) is 62.5 Å². The van der Waals surface area contributed by atoms with Gasteiger partial charge < -0.3 is 14.8 Å². The zero-order chi connectivity index (χ0) is 16.8. The molecule has 24 heavy (non-hydrogen) atoms. The molecule has 5 heteroatoms. The highest BCUT2D eigenvalue weighted by atomic mass is 79.9. The molecule has 2 aromatic carbocycles. The molecule has 0 aromatic heterocycles. The first-order valence-corrected chi connectivity index (χ1v) is 9.78. The number of nitrogens with one attached hydrogen (secondary N) is 1. The Hall–Kier alpha value is -0.880. The Morgan fingerprint density at radius 3 is 2.50 bits per heavy atom. The van der Waals surface area contributed by atoms with Gasteiger partial charge >= 0.3 is 0 Å². The molecule has 1 heterocycles. The molecular weight excluding hydrogens is 434 g/mol. The van der Waals surface area contributed by atoms with Crippen molar-refractivity contribution in [1.82, 2.24) is 5.32 Å². The third kappa shape index (κ3) is 5.06. The Kier molecular flexibility index (Phi) is 6.72. The van der Waals surface area contributed by atoms with E-state index in [1.807, 2.05) is 18.2 Å². The fourth-order valence-electron chi connectivity index (χ4n) is 2.76. The maximum Gasteiger partial charge on any atom is 0.148 e. The van der Waals surface area contributed by atoms with Gasteiger partial charge in [-0.15, -0.1) is 0 Å². The summed E-state index contributed by atoms with van der Waals surface area (Å²) in [6.45, 7) is 3.17. The van der Waals surface area contributed by atoms with Crippen LogP contribution in [0.3, 0.4) is 0 Å². The summed E-state index contributed by atoms with van der Waals surface area (Å²) in [6, 6.07) is 14.4. The molecule has 3 rings (SSSR count). The number of benzene rings is 2. The van der Waals surface area contributed by atoms with Crippen molar-refractivity contribution in [2.24, 2.45) is 0 Å². The highest BCUT2D eigenvalue weighted by Crippen LogP contribution is 2.35. The van der Waals surface area contributed by atoms with Crippen molar-refractivity contribution >= 4 is 31.9 Å². The van der Waals surface area contributed by atoms with E-state index in [-0.39, 0.29) is 0 Å². The van der Waals surface area contributed by atoms with Crippen molar-refractivity contribution in [3.8, 4) is 5.75 Å². The molecule has 0 spiro atoms. The first-order valence-electron chi connectivity index (χ1n) is 8.19. The molecule has 1 atom stereocenters. The maximum atomic E-state index is 5.96. The van der Waals surface area contributed by atoms with Crippen LogP contribution in [0.2, 0.25) is 0 Å². The lowest BCUT2D eigenvalue weighted by Crippen LogP contribution is -2.25. The highest BCUT2D eigenvalue weighted by Gasteiger charge is 2.15. The van der Waals surface area contributed by atoms with Gasteiger partial charge in [0.1, 0.15) is 12.4 Å². The Balaban J connectivity index is 1.56. The molecule has 0 amide bonds. The molecule has 1 N–H and O–H groups in total. The summed E-state index contributed by atoms with van der Waals surface area (Å²) < 4.78 is 13.5. The normalized spacial score (nSPS) is 17.2. The van der Waals surface area contributed by atoms with Gasteiger partial charge in [-0.05, 0) is 68.0 Å². The zero-order valence-corrected chi connectivity index (χ0v) is 16.6. The second-order valence-electron chi connectivity index (χ2n) is 5.93. The molecular formula is C19H21Br2NO2. The molecule has 0 bridgehead atoms. The van der Waals surface area contributed by atoms with E-state index in [1.54, 1.807) is 0 Å². The fraction of sp³-hybridized carbons (Fsp3) is 0.368. The summed E-state index contributed by atoms with van der Waals surface area (Å²) in [5, 5.41) is 3.47. The smallest absolute Gasteiger partial charge is 0.148 e. The molecule has 0 aliphatic carbocycles. The van der Waals surface area contributed by atoms with Crippen LogP contribution < -0.4 is 10.1 Å². The number of halogens is 2. The molecule has 3 nitrogen and oxygen atoms in total. The van der Waals surface area contributed by atoms with Gasteiger partial charge in [0.25, 0.3) is 0 Å². The summed E-state index contributed by atoms with van der Waals surface area (Å²) in [7, 11) is 0. The largest absolute Gasteiger partial charge is 0.487 e. The number of ether oxygens (including phenoxy) is 2. The maximum absolute atomic E-state index is 5.96. The average Bonchev–Trinajstić information content (AvgIpc) is 3.08. The lowest BCUT2D eigenvalue weighted by atomic mass is 10.2. The topological polar surface area (TPSA) is 30.5 Å². The summed E-state index contributed by atoms with van der Waals surface area (Å²) in [5.74, 6) is 0.835. The second-order valence-corrected chi connectivity index (χ2v) is 7.64. The molecule has 1 aliphatic rings.